The second kappa shape index (κ2) is 6.36. The lowest BCUT2D eigenvalue weighted by Crippen LogP contribution is -2.17. The quantitative estimate of drug-likeness (QED) is 0.776. The van der Waals surface area contributed by atoms with E-state index in [9.17, 15) is 4.79 Å². The first-order valence-electron chi connectivity index (χ1n) is 7.45. The molecule has 3 atom stereocenters. The van der Waals surface area contributed by atoms with Gasteiger partial charge in [0.05, 0.1) is 12.4 Å². The summed E-state index contributed by atoms with van der Waals surface area (Å²) in [7, 11) is 1.67. The lowest BCUT2D eigenvalue weighted by atomic mass is 9.88. The van der Waals surface area contributed by atoms with Crippen molar-refractivity contribution in [3.8, 4) is 0 Å². The van der Waals surface area contributed by atoms with Crippen LogP contribution < -0.4 is 0 Å². The van der Waals surface area contributed by atoms with Crippen LogP contribution >= 0.6 is 11.8 Å². The first-order chi connectivity index (χ1) is 10.2. The van der Waals surface area contributed by atoms with Gasteiger partial charge in [-0.1, -0.05) is 18.2 Å². The summed E-state index contributed by atoms with van der Waals surface area (Å²) in [5.74, 6) is 2.30. The Kier molecular flexibility index (Phi) is 4.49. The predicted molar refractivity (Wildman–Crippen MR) is 78.4 cm³/mol. The fraction of sp³-hybridized carbons (Fsp3) is 0.786. The molecule has 2 fully saturated rings. The van der Waals surface area contributed by atoms with Gasteiger partial charge < -0.3 is 14.4 Å². The number of methoxy groups -OCH3 is 1. The van der Waals surface area contributed by atoms with Crippen molar-refractivity contribution in [2.45, 2.75) is 43.3 Å². The summed E-state index contributed by atoms with van der Waals surface area (Å²) >= 11 is 1.24. The van der Waals surface area contributed by atoms with E-state index in [0.29, 0.717) is 24.2 Å². The summed E-state index contributed by atoms with van der Waals surface area (Å²) in [6.45, 7) is 1.28. The van der Waals surface area contributed by atoms with Gasteiger partial charge in [-0.15, -0.1) is 10.2 Å². The third kappa shape index (κ3) is 3.08. The van der Waals surface area contributed by atoms with Crippen LogP contribution in [0.5, 0.6) is 0 Å². The van der Waals surface area contributed by atoms with Crippen LogP contribution in [-0.2, 0) is 16.1 Å². The Morgan fingerprint density at radius 1 is 1.43 bits per heavy atom. The van der Waals surface area contributed by atoms with Crippen molar-refractivity contribution >= 4 is 17.7 Å². The van der Waals surface area contributed by atoms with Gasteiger partial charge in [0.25, 0.3) is 0 Å². The number of ether oxygens (including phenoxy) is 1. The predicted octanol–water partition coefficient (Wildman–Crippen LogP) is 2.00. The van der Waals surface area contributed by atoms with Crippen molar-refractivity contribution in [1.29, 1.82) is 0 Å². The van der Waals surface area contributed by atoms with E-state index in [1.807, 2.05) is 0 Å². The van der Waals surface area contributed by atoms with Crippen LogP contribution in [0.4, 0.5) is 0 Å². The molecule has 2 bridgehead atoms. The van der Waals surface area contributed by atoms with Crippen LogP contribution in [0.25, 0.3) is 0 Å². The number of carbonyl (C=O) groups is 1. The SMILES string of the molecule is COCCn1c(SCC(=O)O)nnc1C1CC2CCC1C2. The molecule has 2 aliphatic rings. The molecule has 6 nitrogen and oxygen atoms in total. The number of nitrogens with zero attached hydrogens (tertiary/aromatic N) is 3. The molecule has 1 aromatic rings. The van der Waals surface area contributed by atoms with Crippen LogP contribution in [0.2, 0.25) is 0 Å². The fourth-order valence-corrected chi connectivity index (χ4v) is 4.45. The molecule has 3 rings (SSSR count). The van der Waals surface area contributed by atoms with Crippen LogP contribution in [0.3, 0.4) is 0 Å². The zero-order chi connectivity index (χ0) is 14.8. The number of hydrogen-bond donors (Lipinski definition) is 1. The molecular weight excluding hydrogens is 290 g/mol. The second-order valence-corrected chi connectivity index (χ2v) is 6.89. The van der Waals surface area contributed by atoms with Gasteiger partial charge in [-0.2, -0.15) is 0 Å². The topological polar surface area (TPSA) is 77.2 Å². The second-order valence-electron chi connectivity index (χ2n) is 5.95. The Morgan fingerprint density at radius 2 is 2.29 bits per heavy atom. The monoisotopic (exact) mass is 311 g/mol. The molecule has 2 aliphatic carbocycles. The molecule has 1 heterocycles. The normalized spacial score (nSPS) is 27.4. The van der Waals surface area contributed by atoms with Crippen molar-refractivity contribution in [1.82, 2.24) is 14.8 Å². The van der Waals surface area contributed by atoms with Gasteiger partial charge in [-0.3, -0.25) is 4.79 Å². The number of carboxylic acids is 1. The Morgan fingerprint density at radius 3 is 2.90 bits per heavy atom. The maximum absolute atomic E-state index is 10.8. The summed E-state index contributed by atoms with van der Waals surface area (Å²) < 4.78 is 7.25. The van der Waals surface area contributed by atoms with Gasteiger partial charge in [-0.05, 0) is 31.1 Å². The Balaban J connectivity index is 1.80. The lowest BCUT2D eigenvalue weighted by molar-refractivity contribution is -0.133. The van der Waals surface area contributed by atoms with Crippen LogP contribution in [0.1, 0.15) is 37.4 Å². The van der Waals surface area contributed by atoms with E-state index >= 15 is 0 Å². The molecule has 0 radical (unpaired) electrons. The van der Waals surface area contributed by atoms with Crippen LogP contribution in [0.15, 0.2) is 5.16 Å². The zero-order valence-electron chi connectivity index (χ0n) is 12.2. The van der Waals surface area contributed by atoms with Crippen LogP contribution in [-0.4, -0.2) is 45.3 Å². The molecule has 1 aromatic heterocycles. The standard InChI is InChI=1S/C14H21N3O3S/c1-20-5-4-17-13(11-7-9-2-3-10(11)6-9)15-16-14(17)21-8-12(18)19/h9-11H,2-8H2,1H3,(H,18,19). The lowest BCUT2D eigenvalue weighted by Gasteiger charge is -2.21. The Labute approximate surface area is 128 Å². The minimum absolute atomic E-state index is 0.0157. The molecule has 7 heteroatoms. The van der Waals surface area contributed by atoms with E-state index < -0.39 is 5.97 Å². The highest BCUT2D eigenvalue weighted by Crippen LogP contribution is 2.52. The highest BCUT2D eigenvalue weighted by atomic mass is 32.2. The highest BCUT2D eigenvalue weighted by molar-refractivity contribution is 7.99. The number of fused-ring (bicyclic) bond motifs is 2. The molecule has 0 aromatic carbocycles. The van der Waals surface area contributed by atoms with E-state index in [4.69, 9.17) is 9.84 Å². The summed E-state index contributed by atoms with van der Waals surface area (Å²) in [6.07, 6.45) is 5.18. The Hall–Kier alpha value is -1.08. The molecule has 2 saturated carbocycles. The first kappa shape index (κ1) is 14.8. The summed E-state index contributed by atoms with van der Waals surface area (Å²) in [6, 6.07) is 0. The molecule has 0 saturated heterocycles. The van der Waals surface area contributed by atoms with Crippen molar-refractivity contribution in [3.05, 3.63) is 5.82 Å². The summed E-state index contributed by atoms with van der Waals surface area (Å²) in [5.41, 5.74) is 0. The minimum atomic E-state index is -0.831. The number of aliphatic carboxylic acids is 1. The van der Waals surface area contributed by atoms with Crippen molar-refractivity contribution in [2.75, 3.05) is 19.5 Å². The number of hydrogen-bond acceptors (Lipinski definition) is 5. The van der Waals surface area contributed by atoms with Gasteiger partial charge in [0.1, 0.15) is 5.82 Å². The van der Waals surface area contributed by atoms with Gasteiger partial charge in [0, 0.05) is 19.6 Å². The maximum atomic E-state index is 10.8. The Bertz CT molecular complexity index is 520. The largest absolute Gasteiger partial charge is 0.481 e. The van der Waals surface area contributed by atoms with E-state index in [-0.39, 0.29) is 5.75 Å². The van der Waals surface area contributed by atoms with E-state index in [1.54, 1.807) is 7.11 Å². The average Bonchev–Trinajstić information content (AvgIpc) is 3.17. The fourth-order valence-electron chi connectivity index (χ4n) is 3.76. The molecule has 0 aliphatic heterocycles. The third-order valence-electron chi connectivity index (χ3n) is 4.66. The summed E-state index contributed by atoms with van der Waals surface area (Å²) in [4.78, 5) is 10.8. The number of rotatable bonds is 7. The minimum Gasteiger partial charge on any atom is -0.481 e. The number of carboxylic acid groups (broad SMARTS) is 1. The number of thioether (sulfide) groups is 1. The smallest absolute Gasteiger partial charge is 0.313 e. The van der Waals surface area contributed by atoms with Crippen molar-refractivity contribution in [2.24, 2.45) is 11.8 Å². The molecule has 0 amide bonds. The molecule has 3 unspecified atom stereocenters. The first-order valence-corrected chi connectivity index (χ1v) is 8.44. The maximum Gasteiger partial charge on any atom is 0.313 e. The molecule has 0 spiro atoms. The average molecular weight is 311 g/mol. The highest BCUT2D eigenvalue weighted by Gasteiger charge is 2.42. The number of aromatic nitrogens is 3. The molecule has 1 N–H and O–H groups in total. The van der Waals surface area contributed by atoms with Crippen LogP contribution in [0, 0.1) is 11.8 Å². The zero-order valence-corrected chi connectivity index (χ0v) is 13.0. The van der Waals surface area contributed by atoms with E-state index in [1.165, 1.54) is 37.4 Å². The summed E-state index contributed by atoms with van der Waals surface area (Å²) in [5, 5.41) is 18.2. The van der Waals surface area contributed by atoms with Gasteiger partial charge in [0.2, 0.25) is 0 Å². The molecule has 21 heavy (non-hydrogen) atoms. The van der Waals surface area contributed by atoms with E-state index in [0.717, 1.165) is 17.7 Å². The third-order valence-corrected chi connectivity index (χ3v) is 5.61. The van der Waals surface area contributed by atoms with Gasteiger partial charge >= 0.3 is 5.97 Å². The van der Waals surface area contributed by atoms with Crippen molar-refractivity contribution in [3.63, 3.8) is 0 Å². The molecular formula is C14H21N3O3S. The van der Waals surface area contributed by atoms with Gasteiger partial charge in [0.15, 0.2) is 5.16 Å². The van der Waals surface area contributed by atoms with E-state index in [2.05, 4.69) is 14.8 Å². The van der Waals surface area contributed by atoms with Gasteiger partial charge in [-0.25, -0.2) is 0 Å². The van der Waals surface area contributed by atoms with Crippen molar-refractivity contribution < 1.29 is 14.6 Å². The molecule has 116 valence electrons.